The number of carboxylic acids is 1. The van der Waals surface area contributed by atoms with Crippen LogP contribution in [0.15, 0.2) is 21.3 Å². The van der Waals surface area contributed by atoms with E-state index in [1.165, 1.54) is 0 Å². The molecule has 0 aliphatic carbocycles. The van der Waals surface area contributed by atoms with Crippen LogP contribution in [0.25, 0.3) is 11.0 Å². The number of carbonyl (C=O) groups is 2. The van der Waals surface area contributed by atoms with Crippen molar-refractivity contribution < 1.29 is 23.8 Å². The van der Waals surface area contributed by atoms with E-state index in [-0.39, 0.29) is 17.6 Å². The van der Waals surface area contributed by atoms with Crippen LogP contribution in [-0.4, -0.2) is 28.6 Å². The van der Waals surface area contributed by atoms with Crippen molar-refractivity contribution in [2.75, 3.05) is 0 Å². The van der Waals surface area contributed by atoms with Gasteiger partial charge in [0, 0.05) is 11.5 Å². The van der Waals surface area contributed by atoms with Crippen LogP contribution in [0.3, 0.4) is 0 Å². The van der Waals surface area contributed by atoms with Crippen molar-refractivity contribution in [1.82, 2.24) is 5.32 Å². The molecule has 1 atom stereocenters. The van der Waals surface area contributed by atoms with Gasteiger partial charge in [-0.25, -0.2) is 9.59 Å². The average molecular weight is 415 g/mol. The molecule has 1 aliphatic heterocycles. The van der Waals surface area contributed by atoms with Gasteiger partial charge in [0.15, 0.2) is 0 Å². The molecular formula is C23H29NO6. The van der Waals surface area contributed by atoms with E-state index in [0.717, 1.165) is 30.2 Å². The minimum atomic E-state index is -1.08. The largest absolute Gasteiger partial charge is 0.487 e. The van der Waals surface area contributed by atoms with Crippen LogP contribution in [0.2, 0.25) is 0 Å². The van der Waals surface area contributed by atoms with Crippen molar-refractivity contribution in [2.24, 2.45) is 0 Å². The molecule has 162 valence electrons. The van der Waals surface area contributed by atoms with E-state index in [2.05, 4.69) is 5.32 Å². The predicted octanol–water partition coefficient (Wildman–Crippen LogP) is 3.51. The van der Waals surface area contributed by atoms with Crippen molar-refractivity contribution in [2.45, 2.75) is 77.9 Å². The Labute approximate surface area is 175 Å². The lowest BCUT2D eigenvalue weighted by Crippen LogP contribution is -2.42. The Morgan fingerprint density at radius 2 is 2.03 bits per heavy atom. The monoisotopic (exact) mass is 415 g/mol. The fourth-order valence-corrected chi connectivity index (χ4v) is 3.81. The van der Waals surface area contributed by atoms with Gasteiger partial charge in [-0.3, -0.25) is 4.79 Å². The maximum absolute atomic E-state index is 12.6. The fraction of sp³-hybridized carbons (Fsp3) is 0.522. The first-order chi connectivity index (χ1) is 14.1. The summed E-state index contributed by atoms with van der Waals surface area (Å²) in [5.74, 6) is -0.864. The Morgan fingerprint density at radius 1 is 1.30 bits per heavy atom. The molecular weight excluding hydrogens is 386 g/mol. The highest BCUT2D eigenvalue weighted by molar-refractivity contribution is 5.88. The summed E-state index contributed by atoms with van der Waals surface area (Å²) < 4.78 is 11.5. The number of benzene rings is 1. The van der Waals surface area contributed by atoms with Crippen LogP contribution in [0.5, 0.6) is 5.75 Å². The van der Waals surface area contributed by atoms with Crippen molar-refractivity contribution in [3.8, 4) is 5.75 Å². The summed E-state index contributed by atoms with van der Waals surface area (Å²) >= 11 is 0. The average Bonchev–Trinajstić information content (AvgIpc) is 2.66. The van der Waals surface area contributed by atoms with Crippen LogP contribution in [0.4, 0.5) is 0 Å². The van der Waals surface area contributed by atoms with Gasteiger partial charge in [-0.2, -0.15) is 0 Å². The van der Waals surface area contributed by atoms with Gasteiger partial charge in [-0.15, -0.1) is 0 Å². The number of ether oxygens (including phenoxy) is 1. The molecule has 1 aliphatic rings. The Balaban J connectivity index is 1.89. The summed E-state index contributed by atoms with van der Waals surface area (Å²) in [7, 11) is 0. The number of aryl methyl sites for hydroxylation is 2. The quantitative estimate of drug-likeness (QED) is 0.671. The summed E-state index contributed by atoms with van der Waals surface area (Å²) in [6.07, 6.45) is 3.39. The second-order valence-corrected chi connectivity index (χ2v) is 8.59. The van der Waals surface area contributed by atoms with Crippen LogP contribution in [0.1, 0.15) is 63.1 Å². The lowest BCUT2D eigenvalue weighted by atomic mass is 9.92. The van der Waals surface area contributed by atoms with Crippen LogP contribution >= 0.6 is 0 Å². The topological polar surface area (TPSA) is 106 Å². The normalized spacial score (nSPS) is 15.9. The van der Waals surface area contributed by atoms with E-state index in [0.29, 0.717) is 29.7 Å². The molecule has 1 amide bonds. The van der Waals surface area contributed by atoms with E-state index in [1.807, 2.05) is 26.8 Å². The summed E-state index contributed by atoms with van der Waals surface area (Å²) in [4.78, 5) is 36.4. The molecule has 1 aromatic carbocycles. The Bertz CT molecular complexity index is 1040. The van der Waals surface area contributed by atoms with Gasteiger partial charge in [-0.1, -0.05) is 19.8 Å². The number of fused-ring (bicyclic) bond motifs is 2. The van der Waals surface area contributed by atoms with Crippen LogP contribution in [0, 0.1) is 6.92 Å². The standard InChI is InChI=1S/C23H29NO6/c1-5-6-7-17(21(26)27)24-20(25)11-16-13(2)15-10-14-8-9-23(3,4)30-18(14)12-19(15)29-22(16)28/h10,12,17H,5-9,11H2,1-4H3,(H,24,25)(H,26,27)/t17-/m1/s1. The first-order valence-electron chi connectivity index (χ1n) is 10.4. The second-order valence-electron chi connectivity index (χ2n) is 8.59. The molecule has 0 fully saturated rings. The zero-order chi connectivity index (χ0) is 22.1. The maximum Gasteiger partial charge on any atom is 0.340 e. The molecule has 7 nitrogen and oxygen atoms in total. The number of carboxylic acid groups (broad SMARTS) is 1. The molecule has 7 heteroatoms. The number of amides is 1. The van der Waals surface area contributed by atoms with Gasteiger partial charge >= 0.3 is 11.6 Å². The minimum Gasteiger partial charge on any atom is -0.487 e. The molecule has 0 bridgehead atoms. The summed E-state index contributed by atoms with van der Waals surface area (Å²) in [6, 6.07) is 2.74. The zero-order valence-corrected chi connectivity index (χ0v) is 18.0. The van der Waals surface area contributed by atoms with Gasteiger partial charge < -0.3 is 19.6 Å². The lowest BCUT2D eigenvalue weighted by Gasteiger charge is -2.32. The van der Waals surface area contributed by atoms with E-state index >= 15 is 0 Å². The van der Waals surface area contributed by atoms with E-state index < -0.39 is 23.5 Å². The maximum atomic E-state index is 12.6. The van der Waals surface area contributed by atoms with Gasteiger partial charge in [-0.05, 0) is 57.2 Å². The number of nitrogens with one attached hydrogen (secondary N) is 1. The first kappa shape index (κ1) is 21.9. The van der Waals surface area contributed by atoms with Gasteiger partial charge in [0.1, 0.15) is 23.0 Å². The highest BCUT2D eigenvalue weighted by Gasteiger charge is 2.28. The molecule has 2 heterocycles. The van der Waals surface area contributed by atoms with E-state index in [4.69, 9.17) is 9.15 Å². The molecule has 2 N–H and O–H groups in total. The van der Waals surface area contributed by atoms with Crippen LogP contribution < -0.4 is 15.7 Å². The van der Waals surface area contributed by atoms with Gasteiger partial charge in [0.2, 0.25) is 5.91 Å². The number of aliphatic carboxylic acids is 1. The summed E-state index contributed by atoms with van der Waals surface area (Å²) in [5.41, 5.74) is 1.52. The van der Waals surface area contributed by atoms with Crippen molar-refractivity contribution >= 4 is 22.8 Å². The summed E-state index contributed by atoms with van der Waals surface area (Å²) in [6.45, 7) is 7.78. The summed E-state index contributed by atoms with van der Waals surface area (Å²) in [5, 5.41) is 12.6. The lowest BCUT2D eigenvalue weighted by molar-refractivity contribution is -0.142. The third-order valence-electron chi connectivity index (χ3n) is 5.67. The highest BCUT2D eigenvalue weighted by Crippen LogP contribution is 2.36. The third-order valence-corrected chi connectivity index (χ3v) is 5.67. The van der Waals surface area contributed by atoms with E-state index in [1.54, 1.807) is 13.0 Å². The Kier molecular flexibility index (Phi) is 6.19. The molecule has 0 unspecified atom stereocenters. The number of hydrogen-bond acceptors (Lipinski definition) is 5. The number of hydrogen-bond donors (Lipinski definition) is 2. The van der Waals surface area contributed by atoms with Crippen molar-refractivity contribution in [1.29, 1.82) is 0 Å². The van der Waals surface area contributed by atoms with Crippen molar-refractivity contribution in [3.05, 3.63) is 39.2 Å². The highest BCUT2D eigenvalue weighted by atomic mass is 16.5. The van der Waals surface area contributed by atoms with Crippen molar-refractivity contribution in [3.63, 3.8) is 0 Å². The second kappa shape index (κ2) is 8.50. The first-order valence-corrected chi connectivity index (χ1v) is 10.4. The zero-order valence-electron chi connectivity index (χ0n) is 18.0. The molecule has 3 rings (SSSR count). The molecule has 0 spiro atoms. The number of carbonyl (C=O) groups excluding carboxylic acids is 1. The minimum absolute atomic E-state index is 0.222. The molecule has 2 aromatic rings. The molecule has 30 heavy (non-hydrogen) atoms. The van der Waals surface area contributed by atoms with Gasteiger partial charge in [0.25, 0.3) is 0 Å². The smallest absolute Gasteiger partial charge is 0.340 e. The molecule has 0 radical (unpaired) electrons. The van der Waals surface area contributed by atoms with Crippen LogP contribution in [-0.2, 0) is 22.4 Å². The molecule has 1 aromatic heterocycles. The van der Waals surface area contributed by atoms with Gasteiger partial charge in [0.05, 0.1) is 12.0 Å². The van der Waals surface area contributed by atoms with E-state index in [9.17, 15) is 19.5 Å². The number of unbranched alkanes of at least 4 members (excludes halogenated alkanes) is 1. The Morgan fingerprint density at radius 3 is 2.70 bits per heavy atom. The SMILES string of the molecule is CCCC[C@@H](NC(=O)Cc1c(C)c2cc3c(cc2oc1=O)OC(C)(C)CC3)C(=O)O. The molecule has 0 saturated heterocycles. The Hall–Kier alpha value is -2.83. The fourth-order valence-electron chi connectivity index (χ4n) is 3.81. The predicted molar refractivity (Wildman–Crippen MR) is 113 cm³/mol. The third kappa shape index (κ3) is 4.66. The number of rotatable bonds is 7. The molecule has 0 saturated carbocycles.